The summed E-state index contributed by atoms with van der Waals surface area (Å²) in [5.41, 5.74) is 2.07. The van der Waals surface area contributed by atoms with Crippen LogP contribution in [0.1, 0.15) is 24.3 Å². The van der Waals surface area contributed by atoms with E-state index in [0.29, 0.717) is 18.9 Å². The molecule has 0 aliphatic rings. The summed E-state index contributed by atoms with van der Waals surface area (Å²) in [6.07, 6.45) is -0.464. The zero-order chi connectivity index (χ0) is 19.1. The van der Waals surface area contributed by atoms with Crippen molar-refractivity contribution in [2.45, 2.75) is 20.1 Å². The van der Waals surface area contributed by atoms with Gasteiger partial charge in [-0.05, 0) is 43.5 Å². The van der Waals surface area contributed by atoms with Crippen LogP contribution in [-0.2, 0) is 9.47 Å². The molecule has 1 aromatic carbocycles. The van der Waals surface area contributed by atoms with Crippen molar-refractivity contribution >= 4 is 17.2 Å². The number of benzene rings is 1. The average molecular weight is 385 g/mol. The summed E-state index contributed by atoms with van der Waals surface area (Å²) < 4.78 is 12.6. The van der Waals surface area contributed by atoms with Gasteiger partial charge in [0.15, 0.2) is 6.29 Å². The summed E-state index contributed by atoms with van der Waals surface area (Å²) in [7, 11) is 0. The average Bonchev–Trinajstić information content (AvgIpc) is 3.36. The Morgan fingerprint density at radius 1 is 1.15 bits per heavy atom. The van der Waals surface area contributed by atoms with Gasteiger partial charge in [0.1, 0.15) is 11.4 Å². The van der Waals surface area contributed by atoms with E-state index in [0.717, 1.165) is 16.3 Å². The minimum absolute atomic E-state index is 0.224. The molecule has 0 aliphatic carbocycles. The van der Waals surface area contributed by atoms with E-state index in [1.165, 1.54) is 0 Å². The largest absolute Gasteiger partial charge is 0.351 e. The summed E-state index contributed by atoms with van der Waals surface area (Å²) in [5, 5.41) is 9.53. The van der Waals surface area contributed by atoms with Crippen LogP contribution in [0.2, 0.25) is 0 Å². The number of hydrogen-bond acceptors (Lipinski definition) is 5. The molecule has 0 saturated carbocycles. The minimum Gasteiger partial charge on any atom is -0.351 e. The Morgan fingerprint density at radius 2 is 1.89 bits per heavy atom. The zero-order valence-electron chi connectivity index (χ0n) is 15.4. The van der Waals surface area contributed by atoms with E-state index < -0.39 is 6.29 Å². The summed E-state index contributed by atoms with van der Waals surface area (Å²) >= 11 is 1.59. The lowest BCUT2D eigenvalue weighted by Gasteiger charge is -2.17. The van der Waals surface area contributed by atoms with Crippen molar-refractivity contribution in [3.05, 3.63) is 59.6 Å². The minimum atomic E-state index is -0.464. The van der Waals surface area contributed by atoms with E-state index in [1.807, 2.05) is 67.8 Å². The third-order valence-corrected chi connectivity index (χ3v) is 4.74. The number of carbonyl (C=O) groups is 1. The van der Waals surface area contributed by atoms with Crippen molar-refractivity contribution in [2.24, 2.45) is 0 Å². The van der Waals surface area contributed by atoms with Gasteiger partial charge in [0, 0.05) is 13.2 Å². The van der Waals surface area contributed by atoms with Crippen LogP contribution in [0, 0.1) is 0 Å². The van der Waals surface area contributed by atoms with Crippen LogP contribution in [0.25, 0.3) is 16.3 Å². The van der Waals surface area contributed by atoms with Gasteiger partial charge < -0.3 is 14.8 Å². The normalized spacial score (nSPS) is 11.1. The second-order valence-corrected chi connectivity index (χ2v) is 6.64. The van der Waals surface area contributed by atoms with Gasteiger partial charge in [-0.15, -0.1) is 11.3 Å². The molecular weight excluding hydrogens is 362 g/mol. The molecule has 0 saturated heterocycles. The second-order valence-electron chi connectivity index (χ2n) is 5.69. The van der Waals surface area contributed by atoms with E-state index in [-0.39, 0.29) is 12.5 Å². The van der Waals surface area contributed by atoms with Crippen molar-refractivity contribution < 1.29 is 14.3 Å². The van der Waals surface area contributed by atoms with Gasteiger partial charge in [-0.2, -0.15) is 5.10 Å². The molecule has 1 N–H and O–H groups in total. The lowest BCUT2D eigenvalue weighted by atomic mass is 10.3. The fourth-order valence-corrected chi connectivity index (χ4v) is 3.34. The van der Waals surface area contributed by atoms with Crippen molar-refractivity contribution in [1.82, 2.24) is 15.1 Å². The van der Waals surface area contributed by atoms with Crippen molar-refractivity contribution in [2.75, 3.05) is 19.8 Å². The molecule has 0 radical (unpaired) electrons. The Kier molecular flexibility index (Phi) is 6.75. The summed E-state index contributed by atoms with van der Waals surface area (Å²) in [6, 6.07) is 15.4. The maximum absolute atomic E-state index is 12.9. The van der Waals surface area contributed by atoms with Crippen LogP contribution in [0.4, 0.5) is 0 Å². The van der Waals surface area contributed by atoms with E-state index >= 15 is 0 Å². The first kappa shape index (κ1) is 19.3. The van der Waals surface area contributed by atoms with Crippen molar-refractivity contribution in [1.29, 1.82) is 0 Å². The van der Waals surface area contributed by atoms with Crippen molar-refractivity contribution in [3.63, 3.8) is 0 Å². The van der Waals surface area contributed by atoms with Crippen LogP contribution in [0.15, 0.2) is 53.9 Å². The number of thiophene rings is 1. The molecule has 3 aromatic rings. The third kappa shape index (κ3) is 4.82. The number of carbonyl (C=O) groups excluding carboxylic acids is 1. The standard InChI is InChI=1S/C20H23N3O3S/c1-3-25-19(26-4-2)14-21-20(24)17-13-16(18-11-8-12-27-18)22-23(17)15-9-6-5-7-10-15/h5-13,19H,3-4,14H2,1-2H3,(H,21,24). The fourth-order valence-electron chi connectivity index (χ4n) is 2.66. The number of nitrogens with zero attached hydrogens (tertiary/aromatic N) is 2. The third-order valence-electron chi connectivity index (χ3n) is 3.85. The van der Waals surface area contributed by atoms with Gasteiger partial charge in [0.2, 0.25) is 0 Å². The number of nitrogens with one attached hydrogen (secondary N) is 1. The van der Waals surface area contributed by atoms with Crippen LogP contribution in [-0.4, -0.2) is 41.7 Å². The molecule has 3 rings (SSSR count). The summed E-state index contributed by atoms with van der Waals surface area (Å²) in [6.45, 7) is 5.10. The molecule has 7 heteroatoms. The number of para-hydroxylation sites is 1. The van der Waals surface area contributed by atoms with Crippen LogP contribution >= 0.6 is 11.3 Å². The van der Waals surface area contributed by atoms with Gasteiger partial charge >= 0.3 is 0 Å². The van der Waals surface area contributed by atoms with Gasteiger partial charge in [-0.3, -0.25) is 4.79 Å². The fraction of sp³-hybridized carbons (Fsp3) is 0.300. The number of hydrogen-bond donors (Lipinski definition) is 1. The number of rotatable bonds is 9. The monoisotopic (exact) mass is 385 g/mol. The molecule has 2 aromatic heterocycles. The Labute approximate surface area is 162 Å². The lowest BCUT2D eigenvalue weighted by molar-refractivity contribution is -0.131. The molecule has 1 amide bonds. The smallest absolute Gasteiger partial charge is 0.270 e. The van der Waals surface area contributed by atoms with Crippen LogP contribution < -0.4 is 5.32 Å². The molecule has 0 aliphatic heterocycles. The Balaban J connectivity index is 1.85. The lowest BCUT2D eigenvalue weighted by Crippen LogP contribution is -2.36. The Morgan fingerprint density at radius 3 is 2.52 bits per heavy atom. The first-order chi connectivity index (χ1) is 13.2. The van der Waals surface area contributed by atoms with Gasteiger partial charge in [-0.25, -0.2) is 4.68 Å². The van der Waals surface area contributed by atoms with Crippen molar-refractivity contribution in [3.8, 4) is 16.3 Å². The maximum atomic E-state index is 12.9. The van der Waals surface area contributed by atoms with E-state index in [9.17, 15) is 4.79 Å². The van der Waals surface area contributed by atoms with Crippen LogP contribution in [0.3, 0.4) is 0 Å². The molecule has 0 atom stereocenters. The van der Waals surface area contributed by atoms with E-state index in [4.69, 9.17) is 9.47 Å². The Bertz CT molecular complexity index is 841. The SMILES string of the molecule is CCOC(CNC(=O)c1cc(-c2cccs2)nn1-c1ccccc1)OCC. The number of amides is 1. The molecule has 0 bridgehead atoms. The van der Waals surface area contributed by atoms with E-state index in [1.54, 1.807) is 16.0 Å². The van der Waals surface area contributed by atoms with Gasteiger partial charge in [0.05, 0.1) is 17.1 Å². The molecular formula is C20H23N3O3S. The highest BCUT2D eigenvalue weighted by molar-refractivity contribution is 7.13. The summed E-state index contributed by atoms with van der Waals surface area (Å²) in [4.78, 5) is 13.9. The molecule has 6 nitrogen and oxygen atoms in total. The zero-order valence-corrected chi connectivity index (χ0v) is 16.2. The maximum Gasteiger partial charge on any atom is 0.270 e. The highest BCUT2D eigenvalue weighted by atomic mass is 32.1. The van der Waals surface area contributed by atoms with E-state index in [2.05, 4.69) is 10.4 Å². The molecule has 142 valence electrons. The molecule has 2 heterocycles. The van der Waals surface area contributed by atoms with Gasteiger partial charge in [-0.1, -0.05) is 24.3 Å². The molecule has 27 heavy (non-hydrogen) atoms. The first-order valence-corrected chi connectivity index (χ1v) is 9.81. The van der Waals surface area contributed by atoms with Crippen LogP contribution in [0.5, 0.6) is 0 Å². The molecule has 0 spiro atoms. The predicted octanol–water partition coefficient (Wildman–Crippen LogP) is 3.73. The number of ether oxygens (including phenoxy) is 2. The quantitative estimate of drug-likeness (QED) is 0.570. The van der Waals surface area contributed by atoms with Gasteiger partial charge in [0.25, 0.3) is 5.91 Å². The number of aromatic nitrogens is 2. The predicted molar refractivity (Wildman–Crippen MR) is 106 cm³/mol. The highest BCUT2D eigenvalue weighted by Gasteiger charge is 2.19. The first-order valence-electron chi connectivity index (χ1n) is 8.93. The highest BCUT2D eigenvalue weighted by Crippen LogP contribution is 2.25. The second kappa shape index (κ2) is 9.45. The molecule has 0 fully saturated rings. The summed E-state index contributed by atoms with van der Waals surface area (Å²) in [5.74, 6) is -0.224. The molecule has 0 unspecified atom stereocenters. The Hall–Kier alpha value is -2.48. The topological polar surface area (TPSA) is 65.4 Å².